The zero-order valence-corrected chi connectivity index (χ0v) is 15.3. The first kappa shape index (κ1) is 19.6. The van der Waals surface area contributed by atoms with Crippen LogP contribution in [0, 0.1) is 5.82 Å². The van der Waals surface area contributed by atoms with Crippen molar-refractivity contribution in [2.45, 2.75) is 6.42 Å². The first-order valence-corrected chi connectivity index (χ1v) is 8.02. The highest BCUT2D eigenvalue weighted by molar-refractivity contribution is 9.10. The summed E-state index contributed by atoms with van der Waals surface area (Å²) in [5, 5.41) is 4.77. The molecule has 128 valence electrons. The highest BCUT2D eigenvalue weighted by Gasteiger charge is 2.10. The van der Waals surface area contributed by atoms with E-state index >= 15 is 0 Å². The van der Waals surface area contributed by atoms with Gasteiger partial charge in [0.05, 0.1) is 4.47 Å². The number of benzene rings is 1. The van der Waals surface area contributed by atoms with E-state index in [-0.39, 0.29) is 12.5 Å². The van der Waals surface area contributed by atoms with E-state index in [1.54, 1.807) is 14.2 Å². The standard InChI is InChI=1S/C14H19BrFN3O3S/c1-19(14(23)17-6-3-7-21-2)18-13(20)9-22-12-5-4-10(16)8-11(12)15/h4-5,8H,3,6-7,9H2,1-2H3,(H,17,23)(H,18,20). The van der Waals surface area contributed by atoms with Gasteiger partial charge in [0, 0.05) is 27.3 Å². The third kappa shape index (κ3) is 7.58. The molecule has 0 radical (unpaired) electrons. The highest BCUT2D eigenvalue weighted by atomic mass is 79.9. The lowest BCUT2D eigenvalue weighted by atomic mass is 10.3. The van der Waals surface area contributed by atoms with E-state index in [0.717, 1.165) is 6.42 Å². The van der Waals surface area contributed by atoms with Gasteiger partial charge in [0.25, 0.3) is 5.91 Å². The molecular weight excluding hydrogens is 389 g/mol. The SMILES string of the molecule is COCCCNC(=S)N(C)NC(=O)COc1ccc(F)cc1Br. The van der Waals surface area contributed by atoms with Crippen LogP contribution < -0.4 is 15.5 Å². The Morgan fingerprint density at radius 1 is 1.48 bits per heavy atom. The molecule has 1 rings (SSSR count). The Balaban J connectivity index is 2.33. The molecule has 9 heteroatoms. The topological polar surface area (TPSA) is 62.8 Å². The predicted octanol–water partition coefficient (Wildman–Crippen LogP) is 1.84. The predicted molar refractivity (Wildman–Crippen MR) is 92.6 cm³/mol. The fourth-order valence-corrected chi connectivity index (χ4v) is 2.15. The van der Waals surface area contributed by atoms with Crippen LogP contribution in [0.2, 0.25) is 0 Å². The van der Waals surface area contributed by atoms with Crippen molar-refractivity contribution in [1.29, 1.82) is 0 Å². The fraction of sp³-hybridized carbons (Fsp3) is 0.429. The van der Waals surface area contributed by atoms with E-state index in [1.807, 2.05) is 0 Å². The van der Waals surface area contributed by atoms with Crippen molar-refractivity contribution in [3.05, 3.63) is 28.5 Å². The average molecular weight is 408 g/mol. The second-order valence-electron chi connectivity index (χ2n) is 4.54. The fourth-order valence-electron chi connectivity index (χ4n) is 1.54. The molecule has 0 heterocycles. The lowest BCUT2D eigenvalue weighted by Gasteiger charge is -2.21. The Bertz CT molecular complexity index is 548. The van der Waals surface area contributed by atoms with Gasteiger partial charge in [-0.1, -0.05) is 0 Å². The van der Waals surface area contributed by atoms with Gasteiger partial charge in [0.15, 0.2) is 11.7 Å². The minimum absolute atomic E-state index is 0.221. The summed E-state index contributed by atoms with van der Waals surface area (Å²) in [4.78, 5) is 11.8. The molecule has 0 aliphatic carbocycles. The van der Waals surface area contributed by atoms with Gasteiger partial charge in [0.2, 0.25) is 0 Å². The third-order valence-corrected chi connectivity index (χ3v) is 3.69. The monoisotopic (exact) mass is 407 g/mol. The molecule has 0 aliphatic rings. The van der Waals surface area contributed by atoms with Crippen LogP contribution in [0.1, 0.15) is 6.42 Å². The molecule has 0 aromatic heterocycles. The Hall–Kier alpha value is -1.45. The number of hydrazine groups is 1. The van der Waals surface area contributed by atoms with E-state index in [1.165, 1.54) is 23.2 Å². The van der Waals surface area contributed by atoms with Crippen LogP contribution in [0.3, 0.4) is 0 Å². The van der Waals surface area contributed by atoms with Crippen molar-refractivity contribution in [1.82, 2.24) is 15.8 Å². The Morgan fingerprint density at radius 2 is 2.22 bits per heavy atom. The van der Waals surface area contributed by atoms with E-state index in [2.05, 4.69) is 26.7 Å². The van der Waals surface area contributed by atoms with Crippen LogP contribution in [-0.4, -0.2) is 49.9 Å². The van der Waals surface area contributed by atoms with Gasteiger partial charge in [-0.2, -0.15) is 0 Å². The zero-order valence-electron chi connectivity index (χ0n) is 12.9. The molecule has 0 atom stereocenters. The molecule has 1 aromatic rings. The maximum Gasteiger partial charge on any atom is 0.276 e. The number of halogens is 2. The van der Waals surface area contributed by atoms with E-state index in [9.17, 15) is 9.18 Å². The van der Waals surface area contributed by atoms with Crippen LogP contribution in [-0.2, 0) is 9.53 Å². The number of thiocarbonyl (C=S) groups is 1. The van der Waals surface area contributed by atoms with Crippen LogP contribution in [0.25, 0.3) is 0 Å². The van der Waals surface area contributed by atoms with E-state index < -0.39 is 5.82 Å². The van der Waals surface area contributed by atoms with Gasteiger partial charge in [-0.3, -0.25) is 15.2 Å². The molecule has 1 aromatic carbocycles. The van der Waals surface area contributed by atoms with Crippen molar-refractivity contribution < 1.29 is 18.7 Å². The number of hydrogen-bond donors (Lipinski definition) is 2. The number of hydrogen-bond acceptors (Lipinski definition) is 4. The molecule has 0 saturated heterocycles. The number of carbonyl (C=O) groups is 1. The molecule has 2 N–H and O–H groups in total. The van der Waals surface area contributed by atoms with E-state index in [4.69, 9.17) is 21.7 Å². The summed E-state index contributed by atoms with van der Waals surface area (Å²) < 4.78 is 23.6. The minimum Gasteiger partial charge on any atom is -0.483 e. The Morgan fingerprint density at radius 3 is 2.87 bits per heavy atom. The quantitative estimate of drug-likeness (QED) is 0.408. The van der Waals surface area contributed by atoms with Gasteiger partial charge in [-0.15, -0.1) is 0 Å². The number of rotatable bonds is 7. The molecule has 0 fully saturated rings. The summed E-state index contributed by atoms with van der Waals surface area (Å²) in [5.41, 5.74) is 2.57. The molecule has 23 heavy (non-hydrogen) atoms. The van der Waals surface area contributed by atoms with Crippen molar-refractivity contribution in [2.24, 2.45) is 0 Å². The second kappa shape index (κ2) is 10.3. The molecule has 0 aliphatic heterocycles. The summed E-state index contributed by atoms with van der Waals surface area (Å²) in [6.45, 7) is 1.05. The number of ether oxygens (including phenoxy) is 2. The number of methoxy groups -OCH3 is 1. The van der Waals surface area contributed by atoms with Crippen molar-refractivity contribution in [2.75, 3.05) is 33.9 Å². The van der Waals surface area contributed by atoms with Gasteiger partial charge in [-0.05, 0) is 52.8 Å². The molecule has 0 spiro atoms. The molecular formula is C14H19BrFN3O3S. The smallest absolute Gasteiger partial charge is 0.276 e. The Labute approximate surface area is 148 Å². The highest BCUT2D eigenvalue weighted by Crippen LogP contribution is 2.25. The molecule has 6 nitrogen and oxygen atoms in total. The van der Waals surface area contributed by atoms with Crippen LogP contribution in [0.4, 0.5) is 4.39 Å². The third-order valence-electron chi connectivity index (χ3n) is 2.65. The minimum atomic E-state index is -0.390. The number of amides is 1. The van der Waals surface area contributed by atoms with Gasteiger partial charge in [-0.25, -0.2) is 4.39 Å². The number of carbonyl (C=O) groups excluding carboxylic acids is 1. The summed E-state index contributed by atoms with van der Waals surface area (Å²) in [6, 6.07) is 3.96. The van der Waals surface area contributed by atoms with Crippen molar-refractivity contribution in [3.8, 4) is 5.75 Å². The number of nitrogens with zero attached hydrogens (tertiary/aromatic N) is 1. The van der Waals surface area contributed by atoms with Crippen molar-refractivity contribution >= 4 is 39.2 Å². The summed E-state index contributed by atoms with van der Waals surface area (Å²) in [5.74, 6) is -0.396. The summed E-state index contributed by atoms with van der Waals surface area (Å²) in [7, 11) is 3.25. The lowest BCUT2D eigenvalue weighted by Crippen LogP contribution is -2.49. The van der Waals surface area contributed by atoms with Crippen LogP contribution in [0.15, 0.2) is 22.7 Å². The van der Waals surface area contributed by atoms with Crippen LogP contribution >= 0.6 is 28.1 Å². The lowest BCUT2D eigenvalue weighted by molar-refractivity contribution is -0.126. The maximum absolute atomic E-state index is 13.0. The molecule has 0 unspecified atom stereocenters. The molecule has 1 amide bonds. The normalized spacial score (nSPS) is 10.1. The number of nitrogens with one attached hydrogen (secondary N) is 2. The van der Waals surface area contributed by atoms with Gasteiger partial charge >= 0.3 is 0 Å². The summed E-state index contributed by atoms with van der Waals surface area (Å²) >= 11 is 8.29. The molecule has 0 saturated carbocycles. The van der Waals surface area contributed by atoms with Gasteiger partial charge in [0.1, 0.15) is 11.6 Å². The van der Waals surface area contributed by atoms with Crippen molar-refractivity contribution in [3.63, 3.8) is 0 Å². The van der Waals surface area contributed by atoms with Crippen LogP contribution in [0.5, 0.6) is 5.75 Å². The first-order chi connectivity index (χ1) is 10.9. The first-order valence-electron chi connectivity index (χ1n) is 6.82. The largest absolute Gasteiger partial charge is 0.483 e. The molecule has 0 bridgehead atoms. The Kier molecular flexibility index (Phi) is 8.82. The summed E-state index contributed by atoms with van der Waals surface area (Å²) in [6.07, 6.45) is 0.806. The zero-order chi connectivity index (χ0) is 17.2. The second-order valence-corrected chi connectivity index (χ2v) is 5.78. The van der Waals surface area contributed by atoms with Gasteiger partial charge < -0.3 is 14.8 Å². The maximum atomic E-state index is 13.0. The van der Waals surface area contributed by atoms with E-state index in [0.29, 0.717) is 28.5 Å². The average Bonchev–Trinajstić information content (AvgIpc) is 2.50.